The van der Waals surface area contributed by atoms with E-state index in [1.807, 2.05) is 6.08 Å². The van der Waals surface area contributed by atoms with E-state index in [-0.39, 0.29) is 24.5 Å². The molecule has 392 valence electrons. The van der Waals surface area contributed by atoms with E-state index in [2.05, 4.69) is 38.8 Å². The summed E-state index contributed by atoms with van der Waals surface area (Å²) in [4.78, 5) is 108. The number of phenols is 1. The van der Waals surface area contributed by atoms with E-state index in [1.165, 1.54) is 49.4 Å². The number of carbonyl (C=O) groups is 8. The number of aliphatic hydroxyl groups is 3. The van der Waals surface area contributed by atoms with E-state index in [1.54, 1.807) is 59.8 Å². The number of ether oxygens (including phenoxy) is 1. The van der Waals surface area contributed by atoms with Gasteiger partial charge in [0.05, 0.1) is 37.8 Å². The summed E-state index contributed by atoms with van der Waals surface area (Å²) in [7, 11) is 1.42. The Labute approximate surface area is 412 Å². The predicted molar refractivity (Wildman–Crippen MR) is 261 cm³/mol. The standard InChI is InChI=1S/C50H79N7O13/c1-9-10-11-12-13-14-15-16-17-18-40(62)52-37(28-59)46(65)56-44(31(4)5)48(67)53-36(27-58)39(61)26-42(64)55-43(30(2)3)47(66)51-34-21-24-41(63)54-45(32(6)7)49(68)57(8)38(50(69)70-29-34)25-33-19-22-35(60)23-20-33/h16-17,19-24,30-32,34,36-39,43-45,58-61H,9-15,18,25-29H2,1-8H3,(H,51,66)(H,52,62)(H,53,67)(H,54,63)(H,55,64)(H,56,65)/b17-16-,24-21?/t34-,36+,37+,38+,39+,43+,44+,45+/m1/s1. The minimum atomic E-state index is -1.69. The molecule has 0 radical (unpaired) electrons. The fraction of sp³-hybridized carbons (Fsp3) is 0.640. The maximum absolute atomic E-state index is 13.8. The Bertz CT molecular complexity index is 1920. The van der Waals surface area contributed by atoms with Crippen molar-refractivity contribution < 1.29 is 63.5 Å². The van der Waals surface area contributed by atoms with E-state index >= 15 is 0 Å². The fourth-order valence-corrected chi connectivity index (χ4v) is 7.43. The number of aliphatic hydroxyl groups excluding tert-OH is 3. The number of aromatic hydroxyl groups is 1. The zero-order valence-corrected chi connectivity index (χ0v) is 42.1. The smallest absolute Gasteiger partial charge is 0.329 e. The molecule has 0 unspecified atom stereocenters. The highest BCUT2D eigenvalue weighted by Gasteiger charge is 2.37. The molecule has 0 fully saturated rings. The first-order valence-corrected chi connectivity index (χ1v) is 24.4. The summed E-state index contributed by atoms with van der Waals surface area (Å²) in [5, 5.41) is 56.2. The molecule has 0 aromatic heterocycles. The SMILES string of the molecule is CCCCCCCC/C=C\CC(=O)N[C@@H](CO)C(=O)N[C@H](C(=O)N[C@@H](CO)[C@@H](O)CC(=O)N[C@H](C(=O)N[C@@H]1C=CC(=O)N[C@@H](C(C)C)C(=O)N(C)[C@@H](Cc2ccc(O)cc2)C(=O)OC1)C(C)C)C(C)C. The molecule has 8 atom stereocenters. The van der Waals surface area contributed by atoms with Gasteiger partial charge >= 0.3 is 5.97 Å². The lowest BCUT2D eigenvalue weighted by molar-refractivity contribution is -0.156. The zero-order chi connectivity index (χ0) is 52.5. The summed E-state index contributed by atoms with van der Waals surface area (Å²) in [6.45, 7) is 10.1. The van der Waals surface area contributed by atoms with Gasteiger partial charge in [-0.05, 0) is 48.3 Å². The van der Waals surface area contributed by atoms with Crippen molar-refractivity contribution in [3.63, 3.8) is 0 Å². The number of hydrogen-bond donors (Lipinski definition) is 10. The van der Waals surface area contributed by atoms with Gasteiger partial charge in [0.15, 0.2) is 0 Å². The number of amides is 7. The van der Waals surface area contributed by atoms with Crippen LogP contribution in [0.4, 0.5) is 0 Å². The normalized spacial score (nSPS) is 19.0. The van der Waals surface area contributed by atoms with E-state index in [4.69, 9.17) is 4.74 Å². The highest BCUT2D eigenvalue weighted by atomic mass is 16.5. The van der Waals surface area contributed by atoms with E-state index in [9.17, 15) is 58.8 Å². The number of hydrogen-bond acceptors (Lipinski definition) is 13. The van der Waals surface area contributed by atoms with Gasteiger partial charge in [-0.3, -0.25) is 33.6 Å². The van der Waals surface area contributed by atoms with Gasteiger partial charge < -0.3 is 62.0 Å². The number of allylic oxidation sites excluding steroid dienone is 1. The summed E-state index contributed by atoms with van der Waals surface area (Å²) >= 11 is 0. The molecule has 7 amide bonds. The molecule has 0 saturated heterocycles. The first kappa shape index (κ1) is 60.3. The summed E-state index contributed by atoms with van der Waals surface area (Å²) in [6, 6.07) is -2.52. The number of unbranched alkanes of at least 4 members (excludes halogenated alkanes) is 6. The Morgan fingerprint density at radius 2 is 1.43 bits per heavy atom. The lowest BCUT2D eigenvalue weighted by atomic mass is 9.99. The monoisotopic (exact) mass is 986 g/mol. The molecule has 20 heteroatoms. The van der Waals surface area contributed by atoms with Crippen LogP contribution in [-0.4, -0.2) is 148 Å². The Balaban J connectivity index is 2.11. The van der Waals surface area contributed by atoms with Gasteiger partial charge in [-0.25, -0.2) is 4.79 Å². The molecular formula is C50H79N7O13. The number of benzene rings is 1. The van der Waals surface area contributed by atoms with Crippen molar-refractivity contribution in [2.24, 2.45) is 17.8 Å². The van der Waals surface area contributed by atoms with Crippen LogP contribution in [0.2, 0.25) is 0 Å². The van der Waals surface area contributed by atoms with Crippen LogP contribution in [0.25, 0.3) is 0 Å². The average Bonchev–Trinajstić information content (AvgIpc) is 3.31. The average molecular weight is 986 g/mol. The number of esters is 1. The molecular weight excluding hydrogens is 907 g/mol. The van der Waals surface area contributed by atoms with E-state index < -0.39 is 134 Å². The van der Waals surface area contributed by atoms with Gasteiger partial charge in [-0.15, -0.1) is 0 Å². The van der Waals surface area contributed by atoms with Crippen molar-refractivity contribution in [2.75, 3.05) is 26.9 Å². The lowest BCUT2D eigenvalue weighted by Gasteiger charge is -2.32. The molecule has 1 aromatic carbocycles. The first-order chi connectivity index (χ1) is 33.1. The second-order valence-corrected chi connectivity index (χ2v) is 18.8. The van der Waals surface area contributed by atoms with Gasteiger partial charge in [0.2, 0.25) is 41.4 Å². The minimum absolute atomic E-state index is 0.000231. The van der Waals surface area contributed by atoms with Crippen molar-refractivity contribution in [1.82, 2.24) is 36.8 Å². The van der Waals surface area contributed by atoms with Crippen LogP contribution in [0.3, 0.4) is 0 Å². The quantitative estimate of drug-likeness (QED) is 0.0337. The van der Waals surface area contributed by atoms with Crippen LogP contribution in [0.1, 0.15) is 112 Å². The Kier molecular flexibility index (Phi) is 27.0. The highest BCUT2D eigenvalue weighted by molar-refractivity contribution is 5.95. The molecule has 1 aromatic rings. The molecule has 1 heterocycles. The van der Waals surface area contributed by atoms with Crippen LogP contribution < -0.4 is 31.9 Å². The van der Waals surface area contributed by atoms with Crippen LogP contribution in [0.15, 0.2) is 48.6 Å². The van der Waals surface area contributed by atoms with Gasteiger partial charge in [0, 0.05) is 26.0 Å². The molecule has 20 nitrogen and oxygen atoms in total. The third-order valence-corrected chi connectivity index (χ3v) is 11.8. The molecule has 1 aliphatic rings. The van der Waals surface area contributed by atoms with Crippen molar-refractivity contribution in [1.29, 1.82) is 0 Å². The molecule has 1 aliphatic heterocycles. The van der Waals surface area contributed by atoms with Gasteiger partial charge in [0.1, 0.15) is 42.6 Å². The van der Waals surface area contributed by atoms with Crippen LogP contribution >= 0.6 is 0 Å². The van der Waals surface area contributed by atoms with Gasteiger partial charge in [-0.1, -0.05) is 111 Å². The summed E-state index contributed by atoms with van der Waals surface area (Å²) in [5.74, 6) is -7.24. The van der Waals surface area contributed by atoms with Crippen molar-refractivity contribution >= 4 is 47.3 Å². The molecule has 0 aliphatic carbocycles. The zero-order valence-electron chi connectivity index (χ0n) is 42.1. The number of carbonyl (C=O) groups excluding carboxylic acids is 8. The summed E-state index contributed by atoms with van der Waals surface area (Å²) in [5.41, 5.74) is 0.603. The van der Waals surface area contributed by atoms with Crippen LogP contribution in [-0.2, 0) is 49.5 Å². The van der Waals surface area contributed by atoms with Gasteiger partial charge in [0.25, 0.3) is 0 Å². The Hall–Kier alpha value is -5.86. The highest BCUT2D eigenvalue weighted by Crippen LogP contribution is 2.18. The second-order valence-electron chi connectivity index (χ2n) is 18.8. The first-order valence-electron chi connectivity index (χ1n) is 24.4. The lowest BCUT2D eigenvalue weighted by Crippen LogP contribution is -2.59. The number of nitrogens with zero attached hydrogens (tertiary/aromatic N) is 1. The van der Waals surface area contributed by atoms with Crippen molar-refractivity contribution in [3.8, 4) is 5.75 Å². The summed E-state index contributed by atoms with van der Waals surface area (Å²) in [6.07, 6.45) is 11.3. The third-order valence-electron chi connectivity index (χ3n) is 11.8. The van der Waals surface area contributed by atoms with Crippen molar-refractivity contribution in [3.05, 3.63) is 54.1 Å². The fourth-order valence-electron chi connectivity index (χ4n) is 7.43. The Morgan fingerprint density at radius 3 is 2.03 bits per heavy atom. The number of likely N-dealkylation sites (N-methyl/N-ethyl adjacent to an activating group) is 1. The van der Waals surface area contributed by atoms with Crippen molar-refractivity contribution in [2.45, 2.75) is 161 Å². The molecule has 70 heavy (non-hydrogen) atoms. The molecule has 0 bridgehead atoms. The maximum atomic E-state index is 13.8. The third kappa shape index (κ3) is 21.0. The second kappa shape index (κ2) is 31.4. The Morgan fingerprint density at radius 1 is 0.800 bits per heavy atom. The number of phenolic OH excluding ortho intramolecular Hbond substituents is 1. The predicted octanol–water partition coefficient (Wildman–Crippen LogP) is 1.18. The van der Waals surface area contributed by atoms with E-state index in [0.29, 0.717) is 5.56 Å². The van der Waals surface area contributed by atoms with Crippen LogP contribution in [0, 0.1) is 17.8 Å². The number of nitrogens with one attached hydrogen (secondary N) is 6. The largest absolute Gasteiger partial charge is 0.508 e. The summed E-state index contributed by atoms with van der Waals surface area (Å²) < 4.78 is 5.64. The maximum Gasteiger partial charge on any atom is 0.329 e. The molecule has 2 rings (SSSR count). The molecule has 0 spiro atoms. The molecule has 0 saturated carbocycles. The van der Waals surface area contributed by atoms with Gasteiger partial charge in [-0.2, -0.15) is 0 Å². The number of cyclic esters (lactones) is 1. The van der Waals surface area contributed by atoms with Crippen LogP contribution in [0.5, 0.6) is 5.75 Å². The molecule has 10 N–H and O–H groups in total. The number of rotatable bonds is 27. The minimum Gasteiger partial charge on any atom is -0.508 e. The van der Waals surface area contributed by atoms with E-state index in [0.717, 1.165) is 31.8 Å². The topological polar surface area (TPSA) is 302 Å².